The first-order valence-electron chi connectivity index (χ1n) is 5.81. The fraction of sp³-hybridized carbons (Fsp3) is 0.143. The summed E-state index contributed by atoms with van der Waals surface area (Å²) in [6, 6.07) is 12.0. The molecule has 0 bridgehead atoms. The summed E-state index contributed by atoms with van der Waals surface area (Å²) >= 11 is 0. The van der Waals surface area contributed by atoms with Crippen molar-refractivity contribution in [2.24, 2.45) is 0 Å². The highest BCUT2D eigenvalue weighted by molar-refractivity contribution is 7.91. The Labute approximate surface area is 111 Å². The van der Waals surface area contributed by atoms with E-state index in [0.717, 1.165) is 17.7 Å². The second kappa shape index (κ2) is 5.40. The van der Waals surface area contributed by atoms with Crippen molar-refractivity contribution in [3.05, 3.63) is 59.9 Å². The molecule has 3 nitrogen and oxygen atoms in total. The number of nitrogens with two attached hydrogens (primary N) is 1. The van der Waals surface area contributed by atoms with Gasteiger partial charge in [-0.2, -0.15) is 0 Å². The average molecular weight is 279 g/mol. The molecular weight excluding hydrogens is 265 g/mol. The number of rotatable bonds is 4. The Hall–Kier alpha value is -1.88. The van der Waals surface area contributed by atoms with Crippen LogP contribution in [0.1, 0.15) is 5.56 Å². The Kier molecular flexibility index (Phi) is 3.85. The van der Waals surface area contributed by atoms with Crippen molar-refractivity contribution in [1.29, 1.82) is 0 Å². The number of aryl methyl sites for hydroxylation is 1. The second-order valence-electron chi connectivity index (χ2n) is 4.22. The largest absolute Gasteiger partial charge is 0.399 e. The number of benzene rings is 2. The number of halogens is 1. The summed E-state index contributed by atoms with van der Waals surface area (Å²) in [6.07, 6.45) is 0.340. The minimum atomic E-state index is -3.41. The average Bonchev–Trinajstić information content (AvgIpc) is 2.38. The molecule has 0 aliphatic heterocycles. The normalized spacial score (nSPS) is 11.4. The molecule has 2 N–H and O–H groups in total. The predicted octanol–water partition coefficient (Wildman–Crippen LogP) is 2.42. The van der Waals surface area contributed by atoms with Gasteiger partial charge in [-0.1, -0.05) is 18.2 Å². The molecule has 0 aromatic heterocycles. The van der Waals surface area contributed by atoms with Crippen LogP contribution in [0, 0.1) is 5.82 Å². The number of hydrogen-bond donors (Lipinski definition) is 1. The van der Waals surface area contributed by atoms with Crippen LogP contribution in [0.2, 0.25) is 0 Å². The van der Waals surface area contributed by atoms with Crippen LogP contribution in [0.5, 0.6) is 0 Å². The lowest BCUT2D eigenvalue weighted by molar-refractivity contribution is 0.594. The first-order valence-corrected chi connectivity index (χ1v) is 7.46. The standard InChI is InChI=1S/C14H14FNO2S/c15-12-5-7-13(8-6-12)19(17,18)10-9-11-3-1-2-4-14(11)16/h1-8H,9-10,16H2. The zero-order valence-electron chi connectivity index (χ0n) is 10.2. The Bertz CT molecular complexity index is 666. The minimum absolute atomic E-state index is 0.0488. The van der Waals surface area contributed by atoms with Gasteiger partial charge in [-0.15, -0.1) is 0 Å². The third kappa shape index (κ3) is 3.32. The fourth-order valence-corrected chi connectivity index (χ4v) is 3.04. The molecule has 0 saturated heterocycles. The van der Waals surface area contributed by atoms with E-state index >= 15 is 0 Å². The van der Waals surface area contributed by atoms with Gasteiger partial charge < -0.3 is 5.73 Å². The summed E-state index contributed by atoms with van der Waals surface area (Å²) in [4.78, 5) is 0.128. The summed E-state index contributed by atoms with van der Waals surface area (Å²) in [7, 11) is -3.41. The zero-order valence-corrected chi connectivity index (χ0v) is 11.0. The monoisotopic (exact) mass is 279 g/mol. The molecule has 100 valence electrons. The third-order valence-electron chi connectivity index (χ3n) is 2.87. The predicted molar refractivity (Wildman–Crippen MR) is 73.0 cm³/mol. The number of sulfone groups is 1. The smallest absolute Gasteiger partial charge is 0.178 e. The minimum Gasteiger partial charge on any atom is -0.399 e. The van der Waals surface area contributed by atoms with Crippen molar-refractivity contribution in [2.75, 3.05) is 11.5 Å². The van der Waals surface area contributed by atoms with Crippen LogP contribution in [-0.4, -0.2) is 14.2 Å². The van der Waals surface area contributed by atoms with E-state index in [-0.39, 0.29) is 10.6 Å². The Balaban J connectivity index is 2.14. The summed E-state index contributed by atoms with van der Waals surface area (Å²) < 4.78 is 36.9. The van der Waals surface area contributed by atoms with Crippen molar-refractivity contribution >= 4 is 15.5 Å². The van der Waals surface area contributed by atoms with Crippen molar-refractivity contribution < 1.29 is 12.8 Å². The number of para-hydroxylation sites is 1. The van der Waals surface area contributed by atoms with Gasteiger partial charge in [-0.05, 0) is 42.3 Å². The van der Waals surface area contributed by atoms with Crippen molar-refractivity contribution in [3.8, 4) is 0 Å². The van der Waals surface area contributed by atoms with Gasteiger partial charge in [0.2, 0.25) is 0 Å². The molecule has 0 spiro atoms. The van der Waals surface area contributed by atoms with Crippen LogP contribution in [0.4, 0.5) is 10.1 Å². The maximum atomic E-state index is 12.8. The molecule has 0 aliphatic carbocycles. The van der Waals surface area contributed by atoms with Gasteiger partial charge >= 0.3 is 0 Å². The van der Waals surface area contributed by atoms with Crippen LogP contribution in [0.3, 0.4) is 0 Å². The van der Waals surface area contributed by atoms with Crippen LogP contribution in [0.15, 0.2) is 53.4 Å². The van der Waals surface area contributed by atoms with Crippen LogP contribution < -0.4 is 5.73 Å². The van der Waals surface area contributed by atoms with Gasteiger partial charge in [0, 0.05) is 5.69 Å². The van der Waals surface area contributed by atoms with Crippen molar-refractivity contribution in [3.63, 3.8) is 0 Å². The lowest BCUT2D eigenvalue weighted by Gasteiger charge is -2.06. The lowest BCUT2D eigenvalue weighted by atomic mass is 10.1. The first kappa shape index (κ1) is 13.5. The Morgan fingerprint density at radius 2 is 1.63 bits per heavy atom. The van der Waals surface area contributed by atoms with E-state index in [1.165, 1.54) is 12.1 Å². The summed E-state index contributed by atoms with van der Waals surface area (Å²) in [6.45, 7) is 0. The first-order chi connectivity index (χ1) is 8.99. The summed E-state index contributed by atoms with van der Waals surface area (Å²) in [5.41, 5.74) is 7.14. The highest BCUT2D eigenvalue weighted by Crippen LogP contribution is 2.16. The van der Waals surface area contributed by atoms with Gasteiger partial charge in [-0.3, -0.25) is 0 Å². The fourth-order valence-electron chi connectivity index (χ4n) is 1.77. The van der Waals surface area contributed by atoms with E-state index in [0.29, 0.717) is 12.1 Å². The van der Waals surface area contributed by atoms with E-state index in [4.69, 9.17) is 5.73 Å². The Morgan fingerprint density at radius 1 is 1.00 bits per heavy atom. The van der Waals surface area contributed by atoms with Gasteiger partial charge in [0.25, 0.3) is 0 Å². The quantitative estimate of drug-likeness (QED) is 0.690. The molecule has 19 heavy (non-hydrogen) atoms. The van der Waals surface area contributed by atoms with Crippen molar-refractivity contribution in [1.82, 2.24) is 0 Å². The molecule has 2 aromatic rings. The molecule has 2 rings (SSSR count). The van der Waals surface area contributed by atoms with Gasteiger partial charge in [-0.25, -0.2) is 12.8 Å². The van der Waals surface area contributed by atoms with Crippen LogP contribution in [0.25, 0.3) is 0 Å². The third-order valence-corrected chi connectivity index (χ3v) is 4.60. The zero-order chi connectivity index (χ0) is 13.9. The molecule has 0 saturated carbocycles. The van der Waals surface area contributed by atoms with Gasteiger partial charge in [0.05, 0.1) is 10.6 Å². The molecule has 0 fully saturated rings. The number of nitrogen functional groups attached to an aromatic ring is 1. The maximum absolute atomic E-state index is 12.8. The van der Waals surface area contributed by atoms with Crippen LogP contribution in [-0.2, 0) is 16.3 Å². The Morgan fingerprint density at radius 3 is 2.26 bits per heavy atom. The molecular formula is C14H14FNO2S. The SMILES string of the molecule is Nc1ccccc1CCS(=O)(=O)c1ccc(F)cc1. The lowest BCUT2D eigenvalue weighted by Crippen LogP contribution is -2.10. The molecule has 0 unspecified atom stereocenters. The van der Waals surface area contributed by atoms with E-state index in [9.17, 15) is 12.8 Å². The maximum Gasteiger partial charge on any atom is 0.178 e. The van der Waals surface area contributed by atoms with Crippen LogP contribution >= 0.6 is 0 Å². The molecule has 5 heteroatoms. The molecule has 0 radical (unpaired) electrons. The van der Waals surface area contributed by atoms with E-state index in [1.54, 1.807) is 18.2 Å². The molecule has 2 aromatic carbocycles. The molecule has 0 aliphatic rings. The summed E-state index contributed by atoms with van der Waals surface area (Å²) in [5, 5.41) is 0. The second-order valence-corrected chi connectivity index (χ2v) is 6.33. The number of anilines is 1. The van der Waals surface area contributed by atoms with E-state index < -0.39 is 15.7 Å². The van der Waals surface area contributed by atoms with E-state index in [2.05, 4.69) is 0 Å². The van der Waals surface area contributed by atoms with Crippen molar-refractivity contribution in [2.45, 2.75) is 11.3 Å². The van der Waals surface area contributed by atoms with E-state index in [1.807, 2.05) is 6.07 Å². The van der Waals surface area contributed by atoms with Gasteiger partial charge in [0.15, 0.2) is 9.84 Å². The molecule has 0 atom stereocenters. The topological polar surface area (TPSA) is 60.2 Å². The highest BCUT2D eigenvalue weighted by atomic mass is 32.2. The highest BCUT2D eigenvalue weighted by Gasteiger charge is 2.15. The molecule has 0 amide bonds. The number of hydrogen-bond acceptors (Lipinski definition) is 3. The summed E-state index contributed by atoms with van der Waals surface area (Å²) in [5.74, 6) is -0.501. The molecule has 0 heterocycles. The van der Waals surface area contributed by atoms with Gasteiger partial charge in [0.1, 0.15) is 5.82 Å².